The molecule has 6 heavy (non-hydrogen) atoms. The highest BCUT2D eigenvalue weighted by atomic mass is 13.6. The van der Waals surface area contributed by atoms with Gasteiger partial charge in [-0.3, -0.25) is 0 Å². The zero-order valence-corrected chi connectivity index (χ0v) is 5.21. The molecule has 0 aliphatic rings. The zero-order chi connectivity index (χ0) is 5.58. The van der Waals surface area contributed by atoms with E-state index < -0.39 is 0 Å². The van der Waals surface area contributed by atoms with Crippen molar-refractivity contribution in [3.63, 3.8) is 0 Å². The Labute approximate surface area is 40.9 Å². The molecule has 0 spiro atoms. The van der Waals surface area contributed by atoms with Gasteiger partial charge in [-0.1, -0.05) is 19.4 Å². The van der Waals surface area contributed by atoms with Gasteiger partial charge in [0, 0.05) is 0 Å². The van der Waals surface area contributed by atoms with Crippen LogP contribution in [0.3, 0.4) is 0 Å². The Balaban J connectivity index is 0. The molecule has 0 atom stereocenters. The van der Waals surface area contributed by atoms with Crippen molar-refractivity contribution in [1.29, 1.82) is 0 Å². The molecule has 0 bridgehead atoms. The van der Waals surface area contributed by atoms with E-state index in [4.69, 9.17) is 0 Å². The molecule has 0 rings (SSSR count). The predicted molar refractivity (Wildman–Crippen MR) is 31.8 cm³/mol. The van der Waals surface area contributed by atoms with Crippen LogP contribution in [0.2, 0.25) is 0 Å². The quantitative estimate of drug-likeness (QED) is 0.397. The van der Waals surface area contributed by atoms with Gasteiger partial charge in [0.1, 0.15) is 0 Å². The SMILES string of the molecule is C=C(C)C.CC. The molecule has 0 amide bonds. The highest BCUT2D eigenvalue weighted by Gasteiger charge is 1.51. The van der Waals surface area contributed by atoms with Gasteiger partial charge in [-0.2, -0.15) is 0 Å². The summed E-state index contributed by atoms with van der Waals surface area (Å²) in [6.45, 7) is 11.5. The van der Waals surface area contributed by atoms with Crippen LogP contribution >= 0.6 is 0 Å². The van der Waals surface area contributed by atoms with Gasteiger partial charge in [0.25, 0.3) is 0 Å². The Morgan fingerprint density at radius 1 is 1.17 bits per heavy atom. The molecule has 0 aromatic heterocycles. The second kappa shape index (κ2) is 8.83. The van der Waals surface area contributed by atoms with E-state index in [0.29, 0.717) is 0 Å². The minimum absolute atomic E-state index is 1.17. The monoisotopic (exact) mass is 86.1 g/mol. The van der Waals surface area contributed by atoms with Crippen LogP contribution in [0.15, 0.2) is 12.2 Å². The number of rotatable bonds is 0. The van der Waals surface area contributed by atoms with E-state index in [9.17, 15) is 0 Å². The molecule has 0 saturated heterocycles. The second-order valence-corrected chi connectivity index (χ2v) is 1.21. The van der Waals surface area contributed by atoms with Crippen LogP contribution < -0.4 is 0 Å². The van der Waals surface area contributed by atoms with Crippen LogP contribution in [0.25, 0.3) is 0 Å². The molecule has 0 heteroatoms. The van der Waals surface area contributed by atoms with Gasteiger partial charge in [0.05, 0.1) is 0 Å². The largest absolute Gasteiger partial charge is 0.100 e. The maximum atomic E-state index is 3.56. The fourth-order valence-electron chi connectivity index (χ4n) is 0. The maximum absolute atomic E-state index is 3.56. The van der Waals surface area contributed by atoms with E-state index in [0.717, 1.165) is 0 Å². The van der Waals surface area contributed by atoms with Crippen molar-refractivity contribution >= 4 is 0 Å². The molecule has 0 saturated carbocycles. The van der Waals surface area contributed by atoms with Gasteiger partial charge in [0.2, 0.25) is 0 Å². The first-order chi connectivity index (χ1) is 2.73. The molecule has 0 aromatic carbocycles. The molecule has 0 fully saturated rings. The summed E-state index contributed by atoms with van der Waals surface area (Å²) in [5, 5.41) is 0. The maximum Gasteiger partial charge on any atom is -0.0445 e. The number of hydrogen-bond acceptors (Lipinski definition) is 0. The van der Waals surface area contributed by atoms with Crippen molar-refractivity contribution in [3.8, 4) is 0 Å². The highest BCUT2D eigenvalue weighted by Crippen LogP contribution is 1.73. The van der Waals surface area contributed by atoms with Crippen molar-refractivity contribution in [1.82, 2.24) is 0 Å². The van der Waals surface area contributed by atoms with Gasteiger partial charge in [-0.25, -0.2) is 0 Å². The lowest BCUT2D eigenvalue weighted by Gasteiger charge is -1.65. The summed E-state index contributed by atoms with van der Waals surface area (Å²) < 4.78 is 0. The molecule has 0 N–H and O–H groups in total. The number of hydrogen-bond donors (Lipinski definition) is 0. The fourth-order valence-corrected chi connectivity index (χ4v) is 0. The summed E-state index contributed by atoms with van der Waals surface area (Å²) in [4.78, 5) is 0. The molecule has 0 unspecified atom stereocenters. The summed E-state index contributed by atoms with van der Waals surface area (Å²) in [7, 11) is 0. The Bertz CT molecular complexity index is 23.0. The molecule has 0 nitrogen and oxygen atoms in total. The minimum atomic E-state index is 1.17. The molecule has 0 aliphatic heterocycles. The Kier molecular flexibility index (Phi) is 13.6. The lowest BCUT2D eigenvalue weighted by molar-refractivity contribution is 1.42. The van der Waals surface area contributed by atoms with Crippen molar-refractivity contribution in [2.75, 3.05) is 0 Å². The molecule has 38 valence electrons. The van der Waals surface area contributed by atoms with Gasteiger partial charge in [0.15, 0.2) is 0 Å². The molecule has 0 heterocycles. The van der Waals surface area contributed by atoms with Crippen LogP contribution in [-0.4, -0.2) is 0 Å². The molecular formula is C6H14. The fraction of sp³-hybridized carbons (Fsp3) is 0.667. The van der Waals surface area contributed by atoms with E-state index >= 15 is 0 Å². The van der Waals surface area contributed by atoms with Crippen LogP contribution in [-0.2, 0) is 0 Å². The summed E-state index contributed by atoms with van der Waals surface area (Å²) in [5.41, 5.74) is 1.17. The average Bonchev–Trinajstić information content (AvgIpc) is 1.41. The molecule has 0 aromatic rings. The molecule has 0 aliphatic carbocycles. The number of allylic oxidation sites excluding steroid dienone is 1. The van der Waals surface area contributed by atoms with E-state index in [1.807, 2.05) is 27.7 Å². The van der Waals surface area contributed by atoms with Crippen molar-refractivity contribution in [2.24, 2.45) is 0 Å². The zero-order valence-electron chi connectivity index (χ0n) is 5.21. The average molecular weight is 86.2 g/mol. The second-order valence-electron chi connectivity index (χ2n) is 1.21. The first-order valence-electron chi connectivity index (χ1n) is 2.35. The van der Waals surface area contributed by atoms with Crippen LogP contribution in [0, 0.1) is 0 Å². The Hall–Kier alpha value is -0.260. The third-order valence-electron chi connectivity index (χ3n) is 0. The first kappa shape index (κ1) is 9.22. The van der Waals surface area contributed by atoms with Gasteiger partial charge in [-0.15, -0.1) is 6.58 Å². The van der Waals surface area contributed by atoms with Crippen LogP contribution in [0.5, 0.6) is 0 Å². The smallest absolute Gasteiger partial charge is 0.0445 e. The lowest BCUT2D eigenvalue weighted by Crippen LogP contribution is -1.43. The summed E-state index contributed by atoms with van der Waals surface area (Å²) in [6.07, 6.45) is 0. The van der Waals surface area contributed by atoms with E-state index in [2.05, 4.69) is 6.58 Å². The van der Waals surface area contributed by atoms with Crippen LogP contribution in [0.4, 0.5) is 0 Å². The van der Waals surface area contributed by atoms with Crippen molar-refractivity contribution in [2.45, 2.75) is 27.7 Å². The third kappa shape index (κ3) is 415. The van der Waals surface area contributed by atoms with Crippen molar-refractivity contribution < 1.29 is 0 Å². The van der Waals surface area contributed by atoms with E-state index in [1.54, 1.807) is 0 Å². The molecule has 0 radical (unpaired) electrons. The van der Waals surface area contributed by atoms with Crippen LogP contribution in [0.1, 0.15) is 27.7 Å². The lowest BCUT2D eigenvalue weighted by atomic mass is 10.4. The van der Waals surface area contributed by atoms with E-state index in [1.165, 1.54) is 5.57 Å². The van der Waals surface area contributed by atoms with Gasteiger partial charge < -0.3 is 0 Å². The highest BCUT2D eigenvalue weighted by molar-refractivity contribution is 4.78. The standard InChI is InChI=1S/C4H8.C2H6/c1-4(2)3;1-2/h1H2,2-3H3;1-2H3. The predicted octanol–water partition coefficient (Wildman–Crippen LogP) is 2.61. The summed E-state index contributed by atoms with van der Waals surface area (Å²) in [6, 6.07) is 0. The molecular weight excluding hydrogens is 72.1 g/mol. The summed E-state index contributed by atoms with van der Waals surface area (Å²) >= 11 is 0. The summed E-state index contributed by atoms with van der Waals surface area (Å²) in [5.74, 6) is 0. The van der Waals surface area contributed by atoms with Gasteiger partial charge in [-0.05, 0) is 13.8 Å². The Morgan fingerprint density at radius 3 is 1.17 bits per heavy atom. The third-order valence-corrected chi connectivity index (χ3v) is 0. The van der Waals surface area contributed by atoms with Crippen molar-refractivity contribution in [3.05, 3.63) is 12.2 Å². The minimum Gasteiger partial charge on any atom is -0.100 e. The van der Waals surface area contributed by atoms with Gasteiger partial charge >= 0.3 is 0 Å². The Morgan fingerprint density at radius 2 is 1.17 bits per heavy atom. The normalized spacial score (nSPS) is 5.33. The topological polar surface area (TPSA) is 0 Å². The van der Waals surface area contributed by atoms with E-state index in [-0.39, 0.29) is 0 Å². The first-order valence-corrected chi connectivity index (χ1v) is 2.35.